The molecular formula is C60H71N13O9S2. The van der Waals surface area contributed by atoms with Crippen LogP contribution in [0.1, 0.15) is 48.4 Å². The maximum atomic E-state index is 15.2. The normalized spacial score (nSPS) is 20.9. The molecule has 1 aliphatic rings. The molecule has 0 radical (unpaired) electrons. The first-order chi connectivity index (χ1) is 40.5. The van der Waals surface area contributed by atoms with E-state index in [-0.39, 0.29) is 50.2 Å². The number of likely N-dealkylation sites (N-methyl/N-ethyl adjacent to an activating group) is 1. The summed E-state index contributed by atoms with van der Waals surface area (Å²) in [7, 11) is 3.44. The van der Waals surface area contributed by atoms with Crippen LogP contribution in [0, 0.1) is 0 Å². The zero-order chi connectivity index (χ0) is 59.9. The molecule has 8 rings (SSSR count). The number of nitrogens with zero attached hydrogens (tertiary/aromatic N) is 2. The Hall–Kier alpha value is -8.29. The van der Waals surface area contributed by atoms with Crippen LogP contribution in [-0.2, 0) is 64.0 Å². The van der Waals surface area contributed by atoms with Crippen LogP contribution in [0.5, 0.6) is 0 Å². The summed E-state index contributed by atoms with van der Waals surface area (Å²) in [5.41, 5.74) is 22.5. The van der Waals surface area contributed by atoms with Gasteiger partial charge in [-0.2, -0.15) is 0 Å². The molecular weight excluding hydrogens is 1110 g/mol. The van der Waals surface area contributed by atoms with E-state index in [9.17, 15) is 33.9 Å². The maximum Gasteiger partial charge on any atom is 0.245 e. The number of nitrogens with one attached hydrogen (secondary N) is 8. The van der Waals surface area contributed by atoms with Gasteiger partial charge in [0.15, 0.2) is 0 Å². The van der Waals surface area contributed by atoms with Crippen molar-refractivity contribution in [2.45, 2.75) is 106 Å². The monoisotopic (exact) mass is 1180 g/mol. The predicted octanol–water partition coefficient (Wildman–Crippen LogP) is 1.92. The number of aliphatic hydroxyl groups is 1. The number of primary amides is 1. The lowest BCUT2D eigenvalue weighted by molar-refractivity contribution is -0.143. The Morgan fingerprint density at radius 1 is 0.726 bits per heavy atom. The van der Waals surface area contributed by atoms with Gasteiger partial charge in [0.05, 0.1) is 12.1 Å². The molecule has 8 amide bonds. The number of amides is 8. The molecule has 3 unspecified atom stereocenters. The number of para-hydroxylation sites is 2. The van der Waals surface area contributed by atoms with E-state index in [1.165, 1.54) is 25.1 Å². The summed E-state index contributed by atoms with van der Waals surface area (Å²) < 4.78 is 0. The summed E-state index contributed by atoms with van der Waals surface area (Å²) in [5.74, 6) is -6.96. The minimum Gasteiger partial charge on any atom is -0.391 e. The molecule has 84 heavy (non-hydrogen) atoms. The smallest absolute Gasteiger partial charge is 0.245 e. The van der Waals surface area contributed by atoms with Crippen molar-refractivity contribution in [2.75, 3.05) is 25.1 Å². The molecule has 24 heteroatoms. The number of aromatic nitrogens is 3. The van der Waals surface area contributed by atoms with E-state index < -0.39 is 102 Å². The molecule has 442 valence electrons. The minimum atomic E-state index is -1.70. The number of carbonyl (C=O) groups excluding carboxylic acids is 8. The molecule has 3 aromatic heterocycles. The molecule has 0 spiro atoms. The van der Waals surface area contributed by atoms with E-state index in [1.54, 1.807) is 30.7 Å². The third-order valence-corrected chi connectivity index (χ3v) is 17.2. The number of unbranched alkanes of at least 4 members (excludes halogenated alkanes) is 1. The lowest BCUT2D eigenvalue weighted by atomic mass is 10.00. The number of aliphatic hydroxyl groups excluding tert-OH is 1. The predicted molar refractivity (Wildman–Crippen MR) is 324 cm³/mol. The second kappa shape index (κ2) is 29.3. The number of fused-ring (bicyclic) bond motifs is 3. The number of nitrogens with two attached hydrogens (primary N) is 3. The maximum absolute atomic E-state index is 15.2. The lowest BCUT2D eigenvalue weighted by Crippen LogP contribution is -2.62. The Morgan fingerprint density at radius 2 is 1.39 bits per heavy atom. The number of carbonyl (C=O) groups is 8. The zero-order valence-corrected chi connectivity index (χ0v) is 48.2. The first-order valence-electron chi connectivity index (χ1n) is 27.7. The summed E-state index contributed by atoms with van der Waals surface area (Å²) in [6.45, 7) is 1.53. The van der Waals surface area contributed by atoms with Gasteiger partial charge in [0.2, 0.25) is 47.3 Å². The number of aromatic amines is 2. The Kier molecular flexibility index (Phi) is 21.5. The van der Waals surface area contributed by atoms with Gasteiger partial charge in [-0.1, -0.05) is 107 Å². The van der Waals surface area contributed by atoms with Gasteiger partial charge in [0.25, 0.3) is 0 Å². The third kappa shape index (κ3) is 16.1. The van der Waals surface area contributed by atoms with E-state index in [4.69, 9.17) is 17.2 Å². The topological polar surface area (TPSA) is 355 Å². The van der Waals surface area contributed by atoms with Crippen molar-refractivity contribution in [3.63, 3.8) is 0 Å². The standard InChI is InChI=1S/C60H71N13O9S2/c1-34(74)52-59(81)71-50(56(78)67-46(53(63)75)27-39-30-65-44-17-7-5-15-41(39)44)33-84-83-32-49(70-54(76)43(62)25-35-20-21-37-13-3-4-14-38(37)24-35)57(79)68-47(26-36-12-11-23-64-29-36)55(77)69-48(28-40-31-66-45-18-8-6-16-42(40)45)60(82)73(2)51(58(80)72-52)19-9-10-22-61/h3-8,11-18,20-21,23-24,29-31,34,43,46-52,65-66,74H,9-10,19,22,25-28,32-33,61-62H2,1-2H3,(H2,63,75)(H,67,78)(H,68,79)(H,69,77)(H,70,76)(H,71,81)(H,72,80)/t34-,43+,46-,47+,48?,49?,50?,51+,52+/m1/s1. The summed E-state index contributed by atoms with van der Waals surface area (Å²) in [6.07, 6.45) is 5.63. The fourth-order valence-corrected chi connectivity index (χ4v) is 12.5. The molecule has 7 aromatic rings. The van der Waals surface area contributed by atoms with E-state index >= 15 is 9.59 Å². The van der Waals surface area contributed by atoms with Crippen LogP contribution >= 0.6 is 21.6 Å². The van der Waals surface area contributed by atoms with Crippen LogP contribution < -0.4 is 49.1 Å². The summed E-state index contributed by atoms with van der Waals surface area (Å²) in [4.78, 5) is 128. The highest BCUT2D eigenvalue weighted by atomic mass is 33.1. The molecule has 9 atom stereocenters. The van der Waals surface area contributed by atoms with Crippen LogP contribution in [0.25, 0.3) is 32.6 Å². The number of hydrogen-bond acceptors (Lipinski definition) is 14. The number of hydrogen-bond donors (Lipinski definition) is 12. The van der Waals surface area contributed by atoms with Crippen LogP contribution in [0.3, 0.4) is 0 Å². The van der Waals surface area contributed by atoms with E-state index in [1.807, 2.05) is 91.0 Å². The van der Waals surface area contributed by atoms with Gasteiger partial charge in [-0.3, -0.25) is 43.3 Å². The minimum absolute atomic E-state index is 0.0281. The Labute approximate surface area is 493 Å². The number of pyridine rings is 1. The zero-order valence-electron chi connectivity index (χ0n) is 46.5. The molecule has 1 fully saturated rings. The van der Waals surface area contributed by atoms with Crippen molar-refractivity contribution < 1.29 is 43.5 Å². The molecule has 0 aliphatic carbocycles. The van der Waals surface area contributed by atoms with Crippen molar-refractivity contribution in [3.05, 3.63) is 150 Å². The average molecular weight is 1180 g/mol. The highest BCUT2D eigenvalue weighted by molar-refractivity contribution is 8.76. The van der Waals surface area contributed by atoms with Crippen LogP contribution in [0.2, 0.25) is 0 Å². The van der Waals surface area contributed by atoms with Gasteiger partial charge in [0.1, 0.15) is 42.3 Å². The highest BCUT2D eigenvalue weighted by Gasteiger charge is 2.39. The lowest BCUT2D eigenvalue weighted by Gasteiger charge is -2.33. The Balaban J connectivity index is 1.15. The average Bonchev–Trinajstić information content (AvgIpc) is 3.68. The second-order valence-corrected chi connectivity index (χ2v) is 23.5. The molecule has 1 aliphatic heterocycles. The van der Waals surface area contributed by atoms with Gasteiger partial charge in [0, 0.05) is 84.4 Å². The molecule has 4 heterocycles. The second-order valence-electron chi connectivity index (χ2n) is 20.9. The van der Waals surface area contributed by atoms with Gasteiger partial charge < -0.3 is 69.1 Å². The van der Waals surface area contributed by atoms with Crippen molar-refractivity contribution in [3.8, 4) is 0 Å². The van der Waals surface area contributed by atoms with E-state index in [2.05, 4.69) is 46.9 Å². The van der Waals surface area contributed by atoms with E-state index in [0.29, 0.717) is 29.5 Å². The highest BCUT2D eigenvalue weighted by Crippen LogP contribution is 2.26. The summed E-state index contributed by atoms with van der Waals surface area (Å²) >= 11 is 0. The van der Waals surface area contributed by atoms with Crippen molar-refractivity contribution in [2.24, 2.45) is 17.2 Å². The van der Waals surface area contributed by atoms with Crippen LogP contribution in [0.4, 0.5) is 0 Å². The number of H-pyrrole nitrogens is 2. The fraction of sp³-hybridized carbons (Fsp3) is 0.350. The fourth-order valence-electron chi connectivity index (χ4n) is 10.1. The van der Waals surface area contributed by atoms with Gasteiger partial charge in [-0.05, 0) is 90.4 Å². The van der Waals surface area contributed by atoms with Gasteiger partial charge in [-0.15, -0.1) is 0 Å². The third-order valence-electron chi connectivity index (χ3n) is 14.8. The summed E-state index contributed by atoms with van der Waals surface area (Å²) in [6, 6.07) is 20.5. The molecule has 22 nitrogen and oxygen atoms in total. The number of benzene rings is 4. The molecule has 0 bridgehead atoms. The van der Waals surface area contributed by atoms with Gasteiger partial charge >= 0.3 is 0 Å². The molecule has 15 N–H and O–H groups in total. The first-order valence-corrected chi connectivity index (χ1v) is 30.2. The SMILES string of the molecule is C[C@@H](O)[C@@H]1NC(=O)[C@H](CCCCN)N(C)C(=O)C(Cc2c[nH]c3ccccc23)NC(=O)[C@H](Cc2cccnc2)NC(=O)C(NC(=O)[C@@H](N)Cc2ccc3ccccc3c2)CSSCC(C(=O)N[C@H](Cc2c[nH]c3ccccc23)C(N)=O)NC1=O. The van der Waals surface area contributed by atoms with Crippen LogP contribution in [0.15, 0.2) is 128 Å². The largest absolute Gasteiger partial charge is 0.391 e. The summed E-state index contributed by atoms with van der Waals surface area (Å²) in [5, 5.41) is 31.2. The number of rotatable bonds is 18. The van der Waals surface area contributed by atoms with Gasteiger partial charge in [-0.25, -0.2) is 0 Å². The van der Waals surface area contributed by atoms with Crippen molar-refractivity contribution in [1.29, 1.82) is 0 Å². The van der Waals surface area contributed by atoms with Crippen molar-refractivity contribution >= 4 is 101 Å². The van der Waals surface area contributed by atoms with Crippen LogP contribution in [-0.4, -0.2) is 152 Å². The van der Waals surface area contributed by atoms with Crippen molar-refractivity contribution in [1.82, 2.24) is 51.8 Å². The Bertz CT molecular complexity index is 3470. The van der Waals surface area contributed by atoms with E-state index in [0.717, 1.165) is 59.7 Å². The molecule has 0 saturated carbocycles. The quantitative estimate of drug-likeness (QED) is 0.0432. The first kappa shape index (κ1) is 61.8. The Morgan fingerprint density at radius 3 is 2.08 bits per heavy atom. The molecule has 4 aromatic carbocycles. The molecule has 1 saturated heterocycles.